The van der Waals surface area contributed by atoms with Crippen LogP contribution < -0.4 is 15.8 Å². The first-order chi connectivity index (χ1) is 10.2. The molecule has 0 unspecified atom stereocenters. The minimum atomic E-state index is -0.654. The van der Waals surface area contributed by atoms with Crippen LogP contribution in [0.4, 0.5) is 11.9 Å². The van der Waals surface area contributed by atoms with Gasteiger partial charge < -0.3 is 9.64 Å². The van der Waals surface area contributed by atoms with E-state index in [-0.39, 0.29) is 11.5 Å². The first-order valence-corrected chi connectivity index (χ1v) is 6.21. The molecule has 0 radical (unpaired) electrons. The van der Waals surface area contributed by atoms with Gasteiger partial charge in [0.1, 0.15) is 5.56 Å². The molecule has 0 atom stereocenters. The van der Waals surface area contributed by atoms with E-state index in [1.807, 2.05) is 4.90 Å². The van der Waals surface area contributed by atoms with Gasteiger partial charge in [-0.25, -0.2) is 4.98 Å². The van der Waals surface area contributed by atoms with Crippen molar-refractivity contribution in [1.29, 1.82) is 0 Å². The topological polar surface area (TPSA) is 142 Å². The lowest BCUT2D eigenvalue weighted by Gasteiger charge is -2.26. The quantitative estimate of drug-likeness (QED) is 0.612. The van der Waals surface area contributed by atoms with Gasteiger partial charge >= 0.3 is 0 Å². The lowest BCUT2D eigenvalue weighted by molar-refractivity contribution is 0.102. The molecule has 11 heteroatoms. The first-order valence-electron chi connectivity index (χ1n) is 6.21. The molecule has 0 spiro atoms. The maximum absolute atomic E-state index is 12.0. The van der Waals surface area contributed by atoms with E-state index < -0.39 is 11.5 Å². The van der Waals surface area contributed by atoms with Crippen molar-refractivity contribution < 1.29 is 9.53 Å². The number of amides is 1. The normalized spacial score (nSPS) is 15.0. The van der Waals surface area contributed by atoms with E-state index >= 15 is 0 Å². The van der Waals surface area contributed by atoms with Gasteiger partial charge in [0.05, 0.1) is 13.2 Å². The summed E-state index contributed by atoms with van der Waals surface area (Å²) in [7, 11) is 0. The first kappa shape index (κ1) is 13.2. The zero-order chi connectivity index (χ0) is 14.7. The molecule has 1 saturated heterocycles. The molecule has 1 amide bonds. The van der Waals surface area contributed by atoms with Crippen molar-refractivity contribution in [1.82, 2.24) is 30.6 Å². The number of ether oxygens (including phenoxy) is 1. The van der Waals surface area contributed by atoms with Crippen molar-refractivity contribution in [3.63, 3.8) is 0 Å². The van der Waals surface area contributed by atoms with E-state index in [0.717, 1.165) is 0 Å². The zero-order valence-electron chi connectivity index (χ0n) is 10.9. The number of carbonyl (C=O) groups excluding carboxylic acids is 1. The molecule has 2 aromatic rings. The zero-order valence-corrected chi connectivity index (χ0v) is 10.9. The summed E-state index contributed by atoms with van der Waals surface area (Å²) in [6.45, 7) is 2.42. The molecule has 0 aromatic carbocycles. The second-order valence-electron chi connectivity index (χ2n) is 4.24. The maximum Gasteiger partial charge on any atom is 0.270 e. The van der Waals surface area contributed by atoms with Crippen molar-refractivity contribution in [2.75, 3.05) is 36.5 Å². The van der Waals surface area contributed by atoms with Crippen molar-refractivity contribution in [2.45, 2.75) is 0 Å². The number of nitrogens with one attached hydrogen (secondary N) is 3. The van der Waals surface area contributed by atoms with Crippen LogP contribution in [0.5, 0.6) is 0 Å². The fourth-order valence-electron chi connectivity index (χ4n) is 1.87. The Morgan fingerprint density at radius 2 is 2.19 bits per heavy atom. The van der Waals surface area contributed by atoms with Gasteiger partial charge in [0.25, 0.3) is 17.4 Å². The van der Waals surface area contributed by atoms with Gasteiger partial charge in [-0.05, 0) is 5.21 Å². The number of H-pyrrole nitrogens is 2. The maximum atomic E-state index is 12.0. The summed E-state index contributed by atoms with van der Waals surface area (Å²) in [4.78, 5) is 32.4. The Kier molecular flexibility index (Phi) is 3.55. The number of anilines is 2. The lowest BCUT2D eigenvalue weighted by atomic mass is 10.3. The van der Waals surface area contributed by atoms with E-state index in [9.17, 15) is 9.59 Å². The van der Waals surface area contributed by atoms with Crippen LogP contribution in [0.25, 0.3) is 0 Å². The van der Waals surface area contributed by atoms with Crippen LogP contribution in [0.15, 0.2) is 11.0 Å². The number of nitrogens with zero attached hydrogens (tertiary/aromatic N) is 5. The Morgan fingerprint density at radius 3 is 2.86 bits per heavy atom. The highest BCUT2D eigenvalue weighted by Gasteiger charge is 2.17. The minimum absolute atomic E-state index is 0.0170. The Labute approximate surface area is 117 Å². The van der Waals surface area contributed by atoms with Crippen LogP contribution in [0.3, 0.4) is 0 Å². The van der Waals surface area contributed by atoms with Gasteiger partial charge in [0.2, 0.25) is 5.95 Å². The van der Waals surface area contributed by atoms with Crippen molar-refractivity contribution >= 4 is 17.8 Å². The number of rotatable bonds is 3. The predicted molar refractivity (Wildman–Crippen MR) is 70.0 cm³/mol. The molecule has 21 heavy (non-hydrogen) atoms. The number of tetrazole rings is 1. The van der Waals surface area contributed by atoms with Crippen LogP contribution in [0, 0.1) is 0 Å². The Bertz CT molecular complexity index is 676. The molecule has 0 bridgehead atoms. The third-order valence-electron chi connectivity index (χ3n) is 2.91. The van der Waals surface area contributed by atoms with E-state index in [2.05, 4.69) is 35.9 Å². The van der Waals surface area contributed by atoms with Crippen LogP contribution in [-0.4, -0.2) is 62.8 Å². The van der Waals surface area contributed by atoms with Gasteiger partial charge in [-0.15, -0.1) is 5.10 Å². The van der Waals surface area contributed by atoms with Crippen LogP contribution in [-0.2, 0) is 4.74 Å². The molecular weight excluding hydrogens is 280 g/mol. The molecule has 3 heterocycles. The molecule has 1 aliphatic heterocycles. The van der Waals surface area contributed by atoms with Crippen molar-refractivity contribution in [3.8, 4) is 0 Å². The summed E-state index contributed by atoms with van der Waals surface area (Å²) < 4.78 is 5.22. The second kappa shape index (κ2) is 5.66. The number of aromatic amines is 2. The molecule has 110 valence electrons. The monoisotopic (exact) mass is 292 g/mol. The highest BCUT2D eigenvalue weighted by molar-refractivity contribution is 6.02. The van der Waals surface area contributed by atoms with Crippen molar-refractivity contribution in [2.24, 2.45) is 0 Å². The number of morpholine rings is 1. The van der Waals surface area contributed by atoms with Gasteiger partial charge in [-0.3, -0.25) is 19.9 Å². The van der Waals surface area contributed by atoms with Crippen LogP contribution >= 0.6 is 0 Å². The van der Waals surface area contributed by atoms with Gasteiger partial charge in [0.15, 0.2) is 0 Å². The number of hydrogen-bond donors (Lipinski definition) is 3. The molecule has 3 N–H and O–H groups in total. The standard InChI is InChI=1S/C10H12N8O3/c19-7(12-9-14-16-17-15-9)6-5-11-10(13-8(6)20)18-1-3-21-4-2-18/h5H,1-4H2,(H,11,13,20)(H2,12,14,15,16,17,19). The fourth-order valence-corrected chi connectivity index (χ4v) is 1.87. The Morgan fingerprint density at radius 1 is 1.38 bits per heavy atom. The van der Waals surface area contributed by atoms with E-state index in [0.29, 0.717) is 32.3 Å². The largest absolute Gasteiger partial charge is 0.378 e. The molecule has 1 fully saturated rings. The van der Waals surface area contributed by atoms with Crippen molar-refractivity contribution in [3.05, 3.63) is 22.1 Å². The summed E-state index contributed by atoms with van der Waals surface area (Å²) in [6.07, 6.45) is 1.22. The average Bonchev–Trinajstić information content (AvgIpc) is 3.01. The van der Waals surface area contributed by atoms with Gasteiger partial charge in [0, 0.05) is 19.3 Å². The Hall–Kier alpha value is -2.82. The number of carbonyl (C=O) groups is 1. The summed E-state index contributed by atoms with van der Waals surface area (Å²) in [6, 6.07) is 0. The molecule has 2 aromatic heterocycles. The second-order valence-corrected chi connectivity index (χ2v) is 4.24. The minimum Gasteiger partial charge on any atom is -0.378 e. The van der Waals surface area contributed by atoms with E-state index in [1.54, 1.807) is 0 Å². The molecule has 0 saturated carbocycles. The average molecular weight is 292 g/mol. The van der Waals surface area contributed by atoms with Crippen LogP contribution in [0.2, 0.25) is 0 Å². The third kappa shape index (κ3) is 2.86. The molecule has 11 nitrogen and oxygen atoms in total. The van der Waals surface area contributed by atoms with Gasteiger partial charge in [-0.1, -0.05) is 5.10 Å². The predicted octanol–water partition coefficient (Wildman–Crippen LogP) is -1.63. The van der Waals surface area contributed by atoms with Crippen LogP contribution in [0.1, 0.15) is 10.4 Å². The van der Waals surface area contributed by atoms with Gasteiger partial charge in [-0.2, -0.15) is 5.21 Å². The summed E-state index contributed by atoms with van der Waals surface area (Å²) in [5, 5.41) is 15.0. The Balaban J connectivity index is 1.77. The molecule has 3 rings (SSSR count). The lowest BCUT2D eigenvalue weighted by Crippen LogP contribution is -2.38. The summed E-state index contributed by atoms with van der Waals surface area (Å²) >= 11 is 0. The molecular formula is C10H12N8O3. The van der Waals surface area contributed by atoms with E-state index in [4.69, 9.17) is 4.74 Å². The number of aromatic nitrogens is 6. The number of hydrogen-bond acceptors (Lipinski definition) is 8. The smallest absolute Gasteiger partial charge is 0.270 e. The molecule has 0 aliphatic carbocycles. The highest BCUT2D eigenvalue weighted by Crippen LogP contribution is 2.07. The summed E-state index contributed by atoms with van der Waals surface area (Å²) in [5.41, 5.74) is -0.663. The fraction of sp³-hybridized carbons (Fsp3) is 0.400. The van der Waals surface area contributed by atoms with E-state index in [1.165, 1.54) is 6.20 Å². The summed E-state index contributed by atoms with van der Waals surface area (Å²) in [5.74, 6) is -0.255. The highest BCUT2D eigenvalue weighted by atomic mass is 16.5. The molecule has 1 aliphatic rings. The third-order valence-corrected chi connectivity index (χ3v) is 2.91. The SMILES string of the molecule is O=C(Nc1nn[nH]n1)c1cnc(N2CCOCC2)[nH]c1=O.